The van der Waals surface area contributed by atoms with Gasteiger partial charge in [0.1, 0.15) is 11.9 Å². The zero-order chi connectivity index (χ0) is 19.4. The predicted octanol–water partition coefficient (Wildman–Crippen LogP) is 5.29. The van der Waals surface area contributed by atoms with E-state index in [9.17, 15) is 0 Å². The van der Waals surface area contributed by atoms with Gasteiger partial charge < -0.3 is 9.80 Å². The van der Waals surface area contributed by atoms with E-state index >= 15 is 0 Å². The van der Waals surface area contributed by atoms with E-state index < -0.39 is 0 Å². The summed E-state index contributed by atoms with van der Waals surface area (Å²) in [6, 6.07) is 16.9. The SMILES string of the molecule is C=CC1c2ccccc2N2c3nc(-c4ccccc4C)ncc3N(C)C2C1C. The maximum atomic E-state index is 5.05. The number of para-hydroxylation sites is 1. The van der Waals surface area contributed by atoms with Gasteiger partial charge in [-0.25, -0.2) is 9.97 Å². The van der Waals surface area contributed by atoms with E-state index in [1.54, 1.807) is 0 Å². The number of allylic oxidation sites excluding steroid dienone is 1. The average Bonchev–Trinajstić information content (AvgIpc) is 3.01. The summed E-state index contributed by atoms with van der Waals surface area (Å²) < 4.78 is 0. The molecule has 0 saturated carbocycles. The Bertz CT molecular complexity index is 1070. The summed E-state index contributed by atoms with van der Waals surface area (Å²) in [5.74, 6) is 2.47. The van der Waals surface area contributed by atoms with E-state index in [-0.39, 0.29) is 6.17 Å². The highest BCUT2D eigenvalue weighted by Gasteiger charge is 2.46. The number of aromatic nitrogens is 2. The van der Waals surface area contributed by atoms with Crippen molar-refractivity contribution in [2.24, 2.45) is 5.92 Å². The Hall–Kier alpha value is -3.14. The van der Waals surface area contributed by atoms with Crippen LogP contribution in [0.2, 0.25) is 0 Å². The first-order valence-corrected chi connectivity index (χ1v) is 9.78. The molecule has 0 bridgehead atoms. The van der Waals surface area contributed by atoms with Crippen molar-refractivity contribution in [2.75, 3.05) is 16.8 Å². The Morgan fingerprint density at radius 2 is 1.79 bits per heavy atom. The van der Waals surface area contributed by atoms with Gasteiger partial charge in [0.15, 0.2) is 11.6 Å². The lowest BCUT2D eigenvalue weighted by molar-refractivity contribution is 0.402. The van der Waals surface area contributed by atoms with Crippen molar-refractivity contribution in [3.8, 4) is 11.4 Å². The van der Waals surface area contributed by atoms with E-state index in [4.69, 9.17) is 9.97 Å². The van der Waals surface area contributed by atoms with Gasteiger partial charge in [0, 0.05) is 30.1 Å². The largest absolute Gasteiger partial charge is 0.349 e. The molecule has 5 rings (SSSR count). The second-order valence-corrected chi connectivity index (χ2v) is 7.79. The standard InChI is InChI=1S/C24H24N4/c1-5-17-16(3)24-27(4)21-14-25-22(18-11-7-6-10-15(18)2)26-23(21)28(24)20-13-9-8-12-19(17)20/h5-14,16-17,24H,1H2,2-4H3. The Kier molecular flexibility index (Phi) is 3.76. The van der Waals surface area contributed by atoms with Crippen LogP contribution in [0.3, 0.4) is 0 Å². The van der Waals surface area contributed by atoms with Gasteiger partial charge in [0.05, 0.1) is 6.20 Å². The van der Waals surface area contributed by atoms with E-state index in [2.05, 4.69) is 79.7 Å². The molecule has 2 aromatic carbocycles. The Morgan fingerprint density at radius 3 is 2.57 bits per heavy atom. The summed E-state index contributed by atoms with van der Waals surface area (Å²) in [6.07, 6.45) is 4.26. The second-order valence-electron chi connectivity index (χ2n) is 7.79. The van der Waals surface area contributed by atoms with E-state index in [1.165, 1.54) is 16.8 Å². The molecule has 3 atom stereocenters. The molecule has 2 aliphatic heterocycles. The highest BCUT2D eigenvalue weighted by atomic mass is 15.4. The van der Waals surface area contributed by atoms with Gasteiger partial charge in [-0.05, 0) is 24.1 Å². The van der Waals surface area contributed by atoms with Crippen molar-refractivity contribution in [1.29, 1.82) is 0 Å². The molecule has 0 amide bonds. The maximum Gasteiger partial charge on any atom is 0.162 e. The van der Waals surface area contributed by atoms with Gasteiger partial charge in [-0.1, -0.05) is 55.5 Å². The fraction of sp³-hybridized carbons (Fsp3) is 0.250. The molecule has 4 heteroatoms. The van der Waals surface area contributed by atoms with Crippen molar-refractivity contribution in [2.45, 2.75) is 25.9 Å². The summed E-state index contributed by atoms with van der Waals surface area (Å²) in [5.41, 5.74) is 5.88. The van der Waals surface area contributed by atoms with Gasteiger partial charge in [-0.2, -0.15) is 0 Å². The molecule has 3 heterocycles. The van der Waals surface area contributed by atoms with Crippen LogP contribution in [0.4, 0.5) is 17.2 Å². The lowest BCUT2D eigenvalue weighted by atomic mass is 9.80. The molecular weight excluding hydrogens is 344 g/mol. The van der Waals surface area contributed by atoms with Gasteiger partial charge in [-0.3, -0.25) is 0 Å². The van der Waals surface area contributed by atoms with Gasteiger partial charge in [-0.15, -0.1) is 6.58 Å². The molecule has 0 saturated heterocycles. The van der Waals surface area contributed by atoms with Gasteiger partial charge >= 0.3 is 0 Å². The van der Waals surface area contributed by atoms with Gasteiger partial charge in [0.2, 0.25) is 0 Å². The minimum absolute atomic E-state index is 0.203. The molecule has 0 fully saturated rings. The first kappa shape index (κ1) is 17.0. The number of hydrogen-bond donors (Lipinski definition) is 0. The minimum Gasteiger partial charge on any atom is -0.349 e. The molecule has 4 nitrogen and oxygen atoms in total. The third-order valence-corrected chi connectivity index (χ3v) is 6.25. The molecule has 0 N–H and O–H groups in total. The lowest BCUT2D eigenvalue weighted by Crippen LogP contribution is -2.48. The van der Waals surface area contributed by atoms with Crippen molar-refractivity contribution >= 4 is 17.2 Å². The molecule has 2 aliphatic rings. The quantitative estimate of drug-likeness (QED) is 0.576. The molecular formula is C24H24N4. The molecule has 140 valence electrons. The first-order valence-electron chi connectivity index (χ1n) is 9.78. The number of hydrogen-bond acceptors (Lipinski definition) is 4. The normalized spacial score (nSPS) is 22.5. The van der Waals surface area contributed by atoms with Gasteiger partial charge in [0.25, 0.3) is 0 Å². The summed E-state index contributed by atoms with van der Waals surface area (Å²) in [5, 5.41) is 0. The van der Waals surface area contributed by atoms with E-state index in [0.717, 1.165) is 22.9 Å². The summed E-state index contributed by atoms with van der Waals surface area (Å²) in [6.45, 7) is 8.53. The first-order chi connectivity index (χ1) is 13.6. The highest BCUT2D eigenvalue weighted by Crippen LogP contribution is 2.52. The topological polar surface area (TPSA) is 32.3 Å². The molecule has 3 aromatic rings. The third kappa shape index (κ3) is 2.24. The Balaban J connectivity index is 1.72. The minimum atomic E-state index is 0.203. The second kappa shape index (κ2) is 6.20. The van der Waals surface area contributed by atoms with Crippen LogP contribution in [0.25, 0.3) is 11.4 Å². The molecule has 28 heavy (non-hydrogen) atoms. The highest BCUT2D eigenvalue weighted by molar-refractivity contribution is 5.84. The number of nitrogens with zero attached hydrogens (tertiary/aromatic N) is 4. The summed E-state index contributed by atoms with van der Waals surface area (Å²) >= 11 is 0. The van der Waals surface area contributed by atoms with Crippen molar-refractivity contribution in [3.63, 3.8) is 0 Å². The third-order valence-electron chi connectivity index (χ3n) is 6.25. The average molecular weight is 368 g/mol. The zero-order valence-electron chi connectivity index (χ0n) is 16.5. The molecule has 0 radical (unpaired) electrons. The fourth-order valence-corrected chi connectivity index (χ4v) is 4.83. The van der Waals surface area contributed by atoms with Crippen LogP contribution in [0.15, 0.2) is 67.4 Å². The maximum absolute atomic E-state index is 5.05. The molecule has 0 spiro atoms. The lowest BCUT2D eigenvalue weighted by Gasteiger charge is -2.43. The van der Waals surface area contributed by atoms with Crippen LogP contribution >= 0.6 is 0 Å². The van der Waals surface area contributed by atoms with Crippen molar-refractivity contribution in [3.05, 3.63) is 78.5 Å². The van der Waals surface area contributed by atoms with Crippen LogP contribution in [0, 0.1) is 12.8 Å². The number of benzene rings is 2. The summed E-state index contributed by atoms with van der Waals surface area (Å²) in [4.78, 5) is 14.5. The van der Waals surface area contributed by atoms with Crippen molar-refractivity contribution in [1.82, 2.24) is 9.97 Å². The number of aryl methyl sites for hydroxylation is 1. The fourth-order valence-electron chi connectivity index (χ4n) is 4.83. The van der Waals surface area contributed by atoms with E-state index in [1.807, 2.05) is 18.3 Å². The predicted molar refractivity (Wildman–Crippen MR) is 115 cm³/mol. The zero-order valence-corrected chi connectivity index (χ0v) is 16.5. The van der Waals surface area contributed by atoms with Crippen LogP contribution < -0.4 is 9.80 Å². The van der Waals surface area contributed by atoms with Crippen LogP contribution in [0.5, 0.6) is 0 Å². The van der Waals surface area contributed by atoms with Crippen LogP contribution in [0.1, 0.15) is 24.0 Å². The monoisotopic (exact) mass is 368 g/mol. The number of anilines is 3. The van der Waals surface area contributed by atoms with Crippen LogP contribution in [-0.4, -0.2) is 23.2 Å². The van der Waals surface area contributed by atoms with Crippen LogP contribution in [-0.2, 0) is 0 Å². The Morgan fingerprint density at radius 1 is 1.04 bits per heavy atom. The van der Waals surface area contributed by atoms with Crippen molar-refractivity contribution < 1.29 is 0 Å². The molecule has 0 aliphatic carbocycles. The number of rotatable bonds is 2. The summed E-state index contributed by atoms with van der Waals surface area (Å²) in [7, 11) is 2.14. The molecule has 1 aromatic heterocycles. The Labute approximate surface area is 166 Å². The number of fused-ring (bicyclic) bond motifs is 5. The smallest absolute Gasteiger partial charge is 0.162 e. The molecule has 3 unspecified atom stereocenters. The van der Waals surface area contributed by atoms with E-state index in [0.29, 0.717) is 11.8 Å².